The second-order valence-corrected chi connectivity index (χ2v) is 10.3. The van der Waals surface area contributed by atoms with Crippen LogP contribution in [0.4, 0.5) is 11.4 Å². The Labute approximate surface area is 235 Å². The van der Waals surface area contributed by atoms with Crippen LogP contribution in [0.2, 0.25) is 0 Å². The van der Waals surface area contributed by atoms with Gasteiger partial charge in [-0.1, -0.05) is 0 Å². The molecule has 2 aromatic heterocycles. The Morgan fingerprint density at radius 3 is 1.43 bits per heavy atom. The minimum Gasteiger partial charge on any atom is -0.467 e. The maximum Gasteiger partial charge on any atom is 0.133 e. The molecule has 0 radical (unpaired) electrons. The van der Waals surface area contributed by atoms with Crippen LogP contribution in [0.5, 0.6) is 23.0 Å². The van der Waals surface area contributed by atoms with Gasteiger partial charge in [-0.05, 0) is 136 Å². The highest BCUT2D eigenvalue weighted by atomic mass is 16.5. The second kappa shape index (κ2) is 11.7. The standard InChI is InChI=1S/C34H36N2O4/c1-21-15-30(16-22(2)32(21)36-20-29-10-8-12-38-29)39-34-25(5)17-31(18-26(34)6)40-33-23(3)13-27(14-24(33)4)35-19-28-9-7-11-37-28/h7-18,35-36H,19-20H2,1-6H3. The van der Waals surface area contributed by atoms with Crippen LogP contribution in [-0.4, -0.2) is 0 Å². The average Bonchev–Trinajstić information content (AvgIpc) is 3.61. The molecule has 0 saturated heterocycles. The fourth-order valence-electron chi connectivity index (χ4n) is 5.03. The summed E-state index contributed by atoms with van der Waals surface area (Å²) in [6, 6.07) is 20.1. The molecule has 2 heterocycles. The molecule has 3 aromatic carbocycles. The first-order valence-electron chi connectivity index (χ1n) is 13.5. The van der Waals surface area contributed by atoms with Gasteiger partial charge in [0.15, 0.2) is 0 Å². The number of ether oxygens (including phenoxy) is 2. The Hall–Kier alpha value is -4.58. The van der Waals surface area contributed by atoms with E-state index in [0.717, 1.165) is 79.3 Å². The molecule has 0 saturated carbocycles. The lowest BCUT2D eigenvalue weighted by Gasteiger charge is -2.18. The number of hydrogen-bond donors (Lipinski definition) is 2. The normalized spacial score (nSPS) is 10.9. The third-order valence-corrected chi connectivity index (χ3v) is 6.91. The van der Waals surface area contributed by atoms with E-state index in [2.05, 4.69) is 76.4 Å². The number of anilines is 2. The topological polar surface area (TPSA) is 68.8 Å². The molecule has 6 heteroatoms. The summed E-state index contributed by atoms with van der Waals surface area (Å²) in [7, 11) is 0. The van der Waals surface area contributed by atoms with Crippen LogP contribution in [0.3, 0.4) is 0 Å². The van der Waals surface area contributed by atoms with E-state index in [0.29, 0.717) is 13.1 Å². The van der Waals surface area contributed by atoms with Crippen LogP contribution in [0.25, 0.3) is 0 Å². The van der Waals surface area contributed by atoms with Crippen molar-refractivity contribution in [3.05, 3.63) is 118 Å². The van der Waals surface area contributed by atoms with Gasteiger partial charge >= 0.3 is 0 Å². The van der Waals surface area contributed by atoms with E-state index in [1.165, 1.54) is 0 Å². The highest BCUT2D eigenvalue weighted by Gasteiger charge is 2.14. The fraction of sp³-hybridized carbons (Fsp3) is 0.235. The zero-order chi connectivity index (χ0) is 28.2. The largest absolute Gasteiger partial charge is 0.467 e. The Morgan fingerprint density at radius 2 is 0.975 bits per heavy atom. The smallest absolute Gasteiger partial charge is 0.133 e. The molecule has 0 unspecified atom stereocenters. The van der Waals surface area contributed by atoms with Gasteiger partial charge in [0.2, 0.25) is 0 Å². The predicted molar refractivity (Wildman–Crippen MR) is 160 cm³/mol. The van der Waals surface area contributed by atoms with Gasteiger partial charge in [-0.25, -0.2) is 0 Å². The minimum absolute atomic E-state index is 0.634. The van der Waals surface area contributed by atoms with Crippen molar-refractivity contribution in [1.82, 2.24) is 0 Å². The number of rotatable bonds is 10. The van der Waals surface area contributed by atoms with Crippen LogP contribution in [-0.2, 0) is 13.1 Å². The Bertz CT molecular complexity index is 1530. The van der Waals surface area contributed by atoms with Crippen molar-refractivity contribution in [3.8, 4) is 23.0 Å². The van der Waals surface area contributed by atoms with Crippen LogP contribution in [0, 0.1) is 41.5 Å². The predicted octanol–water partition coefficient (Wildman–Crippen LogP) is 9.53. The Kier molecular flexibility index (Phi) is 7.87. The molecule has 0 aliphatic carbocycles. The molecule has 0 aliphatic rings. The van der Waals surface area contributed by atoms with E-state index in [9.17, 15) is 0 Å². The molecule has 0 amide bonds. The summed E-state index contributed by atoms with van der Waals surface area (Å²) in [5.41, 5.74) is 8.49. The summed E-state index contributed by atoms with van der Waals surface area (Å²) in [5.74, 6) is 5.09. The molecule has 0 atom stereocenters. The molecular weight excluding hydrogens is 500 g/mol. The zero-order valence-corrected chi connectivity index (χ0v) is 24.0. The van der Waals surface area contributed by atoms with Crippen molar-refractivity contribution in [2.24, 2.45) is 0 Å². The third-order valence-electron chi connectivity index (χ3n) is 6.91. The van der Waals surface area contributed by atoms with Crippen molar-refractivity contribution < 1.29 is 18.3 Å². The molecule has 0 bridgehead atoms. The van der Waals surface area contributed by atoms with Crippen LogP contribution >= 0.6 is 0 Å². The van der Waals surface area contributed by atoms with Crippen molar-refractivity contribution in [2.45, 2.75) is 54.6 Å². The van der Waals surface area contributed by atoms with Gasteiger partial charge in [0, 0.05) is 11.4 Å². The minimum atomic E-state index is 0.634. The van der Waals surface area contributed by atoms with E-state index in [-0.39, 0.29) is 0 Å². The number of furan rings is 2. The first kappa shape index (κ1) is 27.0. The van der Waals surface area contributed by atoms with Gasteiger partial charge in [-0.3, -0.25) is 0 Å². The maximum absolute atomic E-state index is 6.42. The summed E-state index contributed by atoms with van der Waals surface area (Å²) in [5, 5.41) is 6.90. The molecule has 5 aromatic rings. The van der Waals surface area contributed by atoms with Crippen LogP contribution < -0.4 is 20.1 Å². The van der Waals surface area contributed by atoms with Crippen molar-refractivity contribution in [3.63, 3.8) is 0 Å². The lowest BCUT2D eigenvalue weighted by molar-refractivity contribution is 0.459. The number of aryl methyl sites for hydroxylation is 6. The summed E-state index contributed by atoms with van der Waals surface area (Å²) in [6.45, 7) is 13.7. The highest BCUT2D eigenvalue weighted by Crippen LogP contribution is 2.38. The summed E-state index contributed by atoms with van der Waals surface area (Å²) < 4.78 is 23.7. The van der Waals surface area contributed by atoms with Gasteiger partial charge in [-0.15, -0.1) is 0 Å². The lowest BCUT2D eigenvalue weighted by atomic mass is 10.1. The number of nitrogens with one attached hydrogen (secondary N) is 2. The Balaban J connectivity index is 1.29. The van der Waals surface area contributed by atoms with Gasteiger partial charge in [-0.2, -0.15) is 0 Å². The lowest BCUT2D eigenvalue weighted by Crippen LogP contribution is -2.03. The van der Waals surface area contributed by atoms with Gasteiger partial charge in [0.05, 0.1) is 25.6 Å². The summed E-state index contributed by atoms with van der Waals surface area (Å²) in [4.78, 5) is 0. The molecule has 0 spiro atoms. The monoisotopic (exact) mass is 536 g/mol. The summed E-state index contributed by atoms with van der Waals surface area (Å²) in [6.07, 6.45) is 3.38. The van der Waals surface area contributed by atoms with E-state index < -0.39 is 0 Å². The first-order valence-corrected chi connectivity index (χ1v) is 13.5. The van der Waals surface area contributed by atoms with Crippen molar-refractivity contribution in [1.29, 1.82) is 0 Å². The molecular formula is C34H36N2O4. The van der Waals surface area contributed by atoms with Crippen LogP contribution in [0.15, 0.2) is 82.0 Å². The van der Waals surface area contributed by atoms with E-state index in [4.69, 9.17) is 18.3 Å². The van der Waals surface area contributed by atoms with E-state index >= 15 is 0 Å². The van der Waals surface area contributed by atoms with Crippen molar-refractivity contribution >= 4 is 11.4 Å². The highest BCUT2D eigenvalue weighted by molar-refractivity contribution is 5.61. The SMILES string of the molecule is Cc1cc(Oc2c(C)cc(Oc3c(C)cc(NCc4ccco4)cc3C)cc2C)cc(C)c1NCc1ccco1. The maximum atomic E-state index is 6.42. The average molecular weight is 537 g/mol. The van der Waals surface area contributed by atoms with Gasteiger partial charge in [0.25, 0.3) is 0 Å². The van der Waals surface area contributed by atoms with E-state index in [1.807, 2.05) is 36.4 Å². The molecule has 0 fully saturated rings. The quantitative estimate of drug-likeness (QED) is 0.185. The molecule has 206 valence electrons. The second-order valence-electron chi connectivity index (χ2n) is 10.3. The third kappa shape index (κ3) is 6.18. The van der Waals surface area contributed by atoms with Crippen LogP contribution in [0.1, 0.15) is 44.9 Å². The number of benzene rings is 3. The molecule has 40 heavy (non-hydrogen) atoms. The Morgan fingerprint density at radius 1 is 0.550 bits per heavy atom. The molecule has 6 nitrogen and oxygen atoms in total. The first-order chi connectivity index (χ1) is 19.3. The molecule has 0 aliphatic heterocycles. The fourth-order valence-corrected chi connectivity index (χ4v) is 5.03. The van der Waals surface area contributed by atoms with Gasteiger partial charge in [0.1, 0.15) is 34.5 Å². The zero-order valence-electron chi connectivity index (χ0n) is 24.0. The molecule has 2 N–H and O–H groups in total. The molecule has 5 rings (SSSR count). The number of hydrogen-bond acceptors (Lipinski definition) is 6. The summed E-state index contributed by atoms with van der Waals surface area (Å²) >= 11 is 0. The van der Waals surface area contributed by atoms with Gasteiger partial charge < -0.3 is 28.9 Å². The van der Waals surface area contributed by atoms with Crippen molar-refractivity contribution in [2.75, 3.05) is 10.6 Å². The van der Waals surface area contributed by atoms with E-state index in [1.54, 1.807) is 12.5 Å².